The van der Waals surface area contributed by atoms with Gasteiger partial charge in [0.05, 0.1) is 22.3 Å². The monoisotopic (exact) mass is 432 g/mol. The van der Waals surface area contributed by atoms with E-state index in [2.05, 4.69) is 0 Å². The summed E-state index contributed by atoms with van der Waals surface area (Å²) in [5, 5.41) is 37.8. The van der Waals surface area contributed by atoms with Gasteiger partial charge in [-0.2, -0.15) is 0 Å². The zero-order valence-corrected chi connectivity index (χ0v) is 16.4. The third kappa shape index (κ3) is 4.54. The molecule has 0 radical (unpaired) electrons. The topological polar surface area (TPSA) is 149 Å². The average Bonchev–Trinajstić information content (AvgIpc) is 2.77. The summed E-state index contributed by atoms with van der Waals surface area (Å²) in [6.07, 6.45) is 0. The van der Waals surface area contributed by atoms with Gasteiger partial charge < -0.3 is 20.4 Å². The number of fused-ring (bicyclic) bond motifs is 2. The Kier molecular flexibility index (Phi) is 6.16. The van der Waals surface area contributed by atoms with Crippen molar-refractivity contribution in [2.24, 2.45) is 0 Å². The van der Waals surface area contributed by atoms with Crippen LogP contribution >= 0.6 is 0 Å². The highest BCUT2D eigenvalue weighted by Crippen LogP contribution is 2.23. The molecular weight excluding hydrogens is 416 g/mol. The fourth-order valence-corrected chi connectivity index (χ4v) is 3.18. The maximum atomic E-state index is 10.9. The van der Waals surface area contributed by atoms with Crippen LogP contribution in [0.1, 0.15) is 41.4 Å². The number of carboxylic acids is 4. The summed E-state index contributed by atoms with van der Waals surface area (Å²) in [7, 11) is 0. The number of benzene rings is 4. The molecule has 0 heterocycles. The second kappa shape index (κ2) is 8.97. The minimum atomic E-state index is -1.06. The molecule has 160 valence electrons. The van der Waals surface area contributed by atoms with Crippen molar-refractivity contribution in [3.63, 3.8) is 0 Å². The molecule has 0 aliphatic heterocycles. The Morgan fingerprint density at radius 3 is 1.22 bits per heavy atom. The zero-order chi connectivity index (χ0) is 23.4. The van der Waals surface area contributed by atoms with Gasteiger partial charge in [0, 0.05) is 0 Å². The van der Waals surface area contributed by atoms with Gasteiger partial charge in [0.2, 0.25) is 0 Å². The molecule has 0 amide bonds. The third-order valence-corrected chi connectivity index (χ3v) is 4.72. The van der Waals surface area contributed by atoms with Crippen molar-refractivity contribution >= 4 is 45.4 Å². The van der Waals surface area contributed by atoms with Crippen LogP contribution in [-0.4, -0.2) is 44.3 Å². The van der Waals surface area contributed by atoms with Crippen LogP contribution in [0.15, 0.2) is 72.8 Å². The highest BCUT2D eigenvalue weighted by molar-refractivity contribution is 6.11. The number of carboxylic acid groups (broad SMARTS) is 4. The van der Waals surface area contributed by atoms with Gasteiger partial charge in [-0.25, -0.2) is 19.2 Å². The fraction of sp³-hybridized carbons (Fsp3) is 0. The molecule has 8 nitrogen and oxygen atoms in total. The summed E-state index contributed by atoms with van der Waals surface area (Å²) in [5.74, 6) is -4.17. The summed E-state index contributed by atoms with van der Waals surface area (Å²) >= 11 is 0. The van der Waals surface area contributed by atoms with Crippen molar-refractivity contribution < 1.29 is 39.6 Å². The SMILES string of the molecule is O=C(O)c1ccc(C(=O)O)c2ccccc12.O=C(O)c1ccc2ccc(C(=O)O)cc2c1. The van der Waals surface area contributed by atoms with Gasteiger partial charge in [-0.1, -0.05) is 36.4 Å². The van der Waals surface area contributed by atoms with Gasteiger partial charge >= 0.3 is 23.9 Å². The lowest BCUT2D eigenvalue weighted by molar-refractivity contribution is 0.0684. The van der Waals surface area contributed by atoms with E-state index in [-0.39, 0.29) is 22.3 Å². The lowest BCUT2D eigenvalue weighted by Gasteiger charge is -2.05. The lowest BCUT2D eigenvalue weighted by Crippen LogP contribution is -2.02. The summed E-state index contributed by atoms with van der Waals surface area (Å²) in [4.78, 5) is 43.4. The van der Waals surface area contributed by atoms with Crippen LogP contribution in [0.3, 0.4) is 0 Å². The quantitative estimate of drug-likeness (QED) is 0.369. The van der Waals surface area contributed by atoms with Crippen LogP contribution in [0, 0.1) is 0 Å². The number of carbonyl (C=O) groups is 4. The first-order valence-electron chi connectivity index (χ1n) is 9.18. The molecule has 0 saturated carbocycles. The van der Waals surface area contributed by atoms with Crippen molar-refractivity contribution in [3.8, 4) is 0 Å². The van der Waals surface area contributed by atoms with E-state index in [1.54, 1.807) is 36.4 Å². The molecule has 0 atom stereocenters. The Bertz CT molecular complexity index is 1290. The van der Waals surface area contributed by atoms with Crippen LogP contribution in [0.5, 0.6) is 0 Å². The molecule has 32 heavy (non-hydrogen) atoms. The predicted octanol–water partition coefficient (Wildman–Crippen LogP) is 4.47. The van der Waals surface area contributed by atoms with Crippen LogP contribution in [0.25, 0.3) is 21.5 Å². The first-order chi connectivity index (χ1) is 15.2. The Hall–Kier alpha value is -4.72. The number of aromatic carboxylic acids is 4. The van der Waals surface area contributed by atoms with Crippen molar-refractivity contribution in [1.82, 2.24) is 0 Å². The normalized spacial score (nSPS) is 10.2. The van der Waals surface area contributed by atoms with E-state index in [0.29, 0.717) is 16.2 Å². The second-order valence-corrected chi connectivity index (χ2v) is 6.70. The number of rotatable bonds is 4. The van der Waals surface area contributed by atoms with Gasteiger partial charge in [0.15, 0.2) is 0 Å². The molecule has 0 aromatic heterocycles. The van der Waals surface area contributed by atoms with Crippen LogP contribution < -0.4 is 0 Å². The molecule has 0 saturated heterocycles. The maximum Gasteiger partial charge on any atom is 0.336 e. The van der Waals surface area contributed by atoms with Gasteiger partial charge in [-0.05, 0) is 57.9 Å². The van der Waals surface area contributed by atoms with E-state index in [1.165, 1.54) is 36.4 Å². The van der Waals surface area contributed by atoms with Gasteiger partial charge in [-0.15, -0.1) is 0 Å². The summed E-state index contributed by atoms with van der Waals surface area (Å²) < 4.78 is 0. The maximum absolute atomic E-state index is 10.9. The molecule has 4 N–H and O–H groups in total. The van der Waals surface area contributed by atoms with E-state index >= 15 is 0 Å². The van der Waals surface area contributed by atoms with Gasteiger partial charge in [-0.3, -0.25) is 0 Å². The molecule has 0 fully saturated rings. The smallest absolute Gasteiger partial charge is 0.336 e. The van der Waals surface area contributed by atoms with E-state index in [1.807, 2.05) is 0 Å². The lowest BCUT2D eigenvalue weighted by atomic mass is 10.00. The predicted molar refractivity (Wildman–Crippen MR) is 116 cm³/mol. The molecule has 4 rings (SSSR count). The number of hydrogen-bond acceptors (Lipinski definition) is 4. The molecule has 4 aromatic rings. The van der Waals surface area contributed by atoms with Crippen molar-refractivity contribution in [3.05, 3.63) is 95.1 Å². The molecule has 8 heteroatoms. The first-order valence-corrected chi connectivity index (χ1v) is 9.18. The molecule has 0 aliphatic carbocycles. The van der Waals surface area contributed by atoms with E-state index in [9.17, 15) is 19.2 Å². The van der Waals surface area contributed by atoms with Gasteiger partial charge in [0.1, 0.15) is 0 Å². The summed E-state index contributed by atoms with van der Waals surface area (Å²) in [6.45, 7) is 0. The van der Waals surface area contributed by atoms with Crippen LogP contribution in [-0.2, 0) is 0 Å². The fourth-order valence-electron chi connectivity index (χ4n) is 3.18. The molecule has 0 aliphatic rings. The largest absolute Gasteiger partial charge is 0.478 e. The van der Waals surface area contributed by atoms with Crippen LogP contribution in [0.2, 0.25) is 0 Å². The standard InChI is InChI=1S/2C12H8O4/c13-11(14)8-3-1-7-2-4-9(12(15)16)6-10(7)5-8;13-11(14)9-5-6-10(12(15)16)8-4-2-1-3-7(8)9/h2*1-6H,(H,13,14)(H,15,16). The zero-order valence-electron chi connectivity index (χ0n) is 16.4. The van der Waals surface area contributed by atoms with E-state index < -0.39 is 23.9 Å². The summed E-state index contributed by atoms with van der Waals surface area (Å²) in [5.41, 5.74) is 0.520. The minimum Gasteiger partial charge on any atom is -0.478 e. The van der Waals surface area contributed by atoms with Crippen LogP contribution in [0.4, 0.5) is 0 Å². The van der Waals surface area contributed by atoms with Crippen molar-refractivity contribution in [2.75, 3.05) is 0 Å². The number of hydrogen-bond donors (Lipinski definition) is 4. The molecule has 0 bridgehead atoms. The van der Waals surface area contributed by atoms with Crippen molar-refractivity contribution in [2.45, 2.75) is 0 Å². The highest BCUT2D eigenvalue weighted by atomic mass is 16.4. The van der Waals surface area contributed by atoms with Gasteiger partial charge in [0.25, 0.3) is 0 Å². The minimum absolute atomic E-state index is 0.112. The van der Waals surface area contributed by atoms with E-state index in [4.69, 9.17) is 20.4 Å². The Labute approximate surface area is 180 Å². The Morgan fingerprint density at radius 1 is 0.469 bits per heavy atom. The van der Waals surface area contributed by atoms with E-state index in [0.717, 1.165) is 5.39 Å². The molecule has 4 aromatic carbocycles. The Balaban J connectivity index is 0.000000181. The molecule has 0 spiro atoms. The average molecular weight is 432 g/mol. The van der Waals surface area contributed by atoms with Crippen molar-refractivity contribution in [1.29, 1.82) is 0 Å². The Morgan fingerprint density at radius 2 is 0.875 bits per heavy atom. The first kappa shape index (κ1) is 22.0. The third-order valence-electron chi connectivity index (χ3n) is 4.72. The molecule has 0 unspecified atom stereocenters. The molecular formula is C24H16O8. The second-order valence-electron chi connectivity index (χ2n) is 6.70. The summed E-state index contributed by atoms with van der Waals surface area (Å²) in [6, 6.07) is 18.4. The highest BCUT2D eigenvalue weighted by Gasteiger charge is 2.14.